The van der Waals surface area contributed by atoms with Crippen molar-refractivity contribution in [1.82, 2.24) is 14.9 Å². The van der Waals surface area contributed by atoms with Crippen LogP contribution in [-0.4, -0.2) is 52.5 Å². The summed E-state index contributed by atoms with van der Waals surface area (Å²) in [6, 6.07) is 3.24. The number of carbonyl (C=O) groups is 1. The number of hydrogen-bond donors (Lipinski definition) is 2. The SMILES string of the molecule is COc1cc2ncn(CC(=O)C[C@@H]3NCCC[C@H]3O)c(=O)c2cc1SC. The third-order valence-electron chi connectivity index (χ3n) is 4.67. The van der Waals surface area contributed by atoms with E-state index in [9.17, 15) is 14.7 Å². The molecule has 1 saturated heterocycles. The molecule has 7 nitrogen and oxygen atoms in total. The first-order valence-electron chi connectivity index (χ1n) is 8.57. The first kappa shape index (κ1) is 18.9. The number of fused-ring (bicyclic) bond motifs is 1. The van der Waals surface area contributed by atoms with E-state index in [1.54, 1.807) is 19.2 Å². The predicted octanol–water partition coefficient (Wildman–Crippen LogP) is 1.20. The van der Waals surface area contributed by atoms with Gasteiger partial charge in [-0.15, -0.1) is 11.8 Å². The Kier molecular flexibility index (Phi) is 5.95. The summed E-state index contributed by atoms with van der Waals surface area (Å²) in [5.41, 5.74) is 0.288. The molecule has 0 saturated carbocycles. The van der Waals surface area contributed by atoms with E-state index in [1.807, 2.05) is 6.26 Å². The molecule has 1 aliphatic rings. The summed E-state index contributed by atoms with van der Waals surface area (Å²) in [4.78, 5) is 30.3. The van der Waals surface area contributed by atoms with Crippen LogP contribution in [0.3, 0.4) is 0 Å². The van der Waals surface area contributed by atoms with E-state index < -0.39 is 6.10 Å². The number of nitrogens with one attached hydrogen (secondary N) is 1. The number of aliphatic hydroxyl groups excluding tert-OH is 1. The second-order valence-electron chi connectivity index (χ2n) is 6.41. The summed E-state index contributed by atoms with van der Waals surface area (Å²) in [6.45, 7) is 0.749. The Balaban J connectivity index is 1.82. The lowest BCUT2D eigenvalue weighted by molar-refractivity contribution is -0.121. The molecule has 1 aliphatic heterocycles. The van der Waals surface area contributed by atoms with Crippen LogP contribution in [0.5, 0.6) is 5.75 Å². The minimum absolute atomic E-state index is 0.0483. The van der Waals surface area contributed by atoms with Gasteiger partial charge in [0.05, 0.1) is 41.9 Å². The number of Topliss-reactive ketones (excluding diaryl/α,β-unsaturated/α-hetero) is 1. The van der Waals surface area contributed by atoms with Crippen LogP contribution in [0.25, 0.3) is 10.9 Å². The lowest BCUT2D eigenvalue weighted by atomic mass is 9.97. The maximum atomic E-state index is 12.7. The first-order chi connectivity index (χ1) is 12.5. The average Bonchev–Trinajstić information content (AvgIpc) is 2.65. The average molecular weight is 377 g/mol. The highest BCUT2D eigenvalue weighted by Gasteiger charge is 2.25. The summed E-state index contributed by atoms with van der Waals surface area (Å²) in [6.07, 6.45) is 4.58. The minimum atomic E-state index is -0.518. The van der Waals surface area contributed by atoms with Gasteiger partial charge in [-0.3, -0.25) is 14.2 Å². The Morgan fingerprint density at radius 2 is 2.31 bits per heavy atom. The number of ketones is 1. The zero-order valence-corrected chi connectivity index (χ0v) is 15.7. The molecule has 140 valence electrons. The van der Waals surface area contributed by atoms with Crippen LogP contribution in [0, 0.1) is 0 Å². The third kappa shape index (κ3) is 3.92. The number of benzene rings is 1. The summed E-state index contributed by atoms with van der Waals surface area (Å²) < 4.78 is 6.65. The van der Waals surface area contributed by atoms with Gasteiger partial charge in [0, 0.05) is 18.5 Å². The maximum Gasteiger partial charge on any atom is 0.261 e. The van der Waals surface area contributed by atoms with Gasteiger partial charge < -0.3 is 15.2 Å². The van der Waals surface area contributed by atoms with Crippen LogP contribution in [0.15, 0.2) is 28.2 Å². The van der Waals surface area contributed by atoms with Gasteiger partial charge in [-0.05, 0) is 31.7 Å². The molecule has 2 aromatic rings. The van der Waals surface area contributed by atoms with Gasteiger partial charge >= 0.3 is 0 Å². The van der Waals surface area contributed by atoms with Gasteiger partial charge in [-0.2, -0.15) is 0 Å². The van der Waals surface area contributed by atoms with Crippen LogP contribution in [-0.2, 0) is 11.3 Å². The fourth-order valence-corrected chi connectivity index (χ4v) is 3.82. The number of thioether (sulfide) groups is 1. The van der Waals surface area contributed by atoms with Crippen molar-refractivity contribution in [3.8, 4) is 5.75 Å². The van der Waals surface area contributed by atoms with E-state index in [-0.39, 0.29) is 30.3 Å². The van der Waals surface area contributed by atoms with Crippen molar-refractivity contribution >= 4 is 28.4 Å². The number of aromatic nitrogens is 2. The standard InChI is InChI=1S/C18H23N3O4S/c1-25-16-8-13-12(7-17(16)26-2)18(24)21(10-20-13)9-11(22)6-14-15(23)4-3-5-19-14/h7-8,10,14-15,19,23H,3-6,9H2,1-2H3/t14-,15+/m0/s1. The molecular weight excluding hydrogens is 354 g/mol. The van der Waals surface area contributed by atoms with Crippen molar-refractivity contribution in [2.45, 2.75) is 42.8 Å². The Hall–Kier alpha value is -1.90. The van der Waals surface area contributed by atoms with Crippen LogP contribution in [0.4, 0.5) is 0 Å². The molecule has 1 aromatic heterocycles. The number of aliphatic hydroxyl groups is 1. The van der Waals surface area contributed by atoms with Crippen molar-refractivity contribution < 1.29 is 14.6 Å². The highest BCUT2D eigenvalue weighted by molar-refractivity contribution is 7.98. The molecule has 0 unspecified atom stereocenters. The molecule has 0 bridgehead atoms. The van der Waals surface area contributed by atoms with Crippen molar-refractivity contribution in [1.29, 1.82) is 0 Å². The normalized spacial score (nSPS) is 20.3. The largest absolute Gasteiger partial charge is 0.496 e. The second kappa shape index (κ2) is 8.20. The van der Waals surface area contributed by atoms with E-state index in [1.165, 1.54) is 22.7 Å². The smallest absolute Gasteiger partial charge is 0.261 e. The molecule has 0 amide bonds. The number of methoxy groups -OCH3 is 1. The first-order valence-corrected chi connectivity index (χ1v) is 9.80. The molecule has 3 rings (SSSR count). The van der Waals surface area contributed by atoms with Crippen molar-refractivity contribution in [3.63, 3.8) is 0 Å². The van der Waals surface area contributed by atoms with Gasteiger partial charge in [-0.1, -0.05) is 0 Å². The molecule has 2 atom stereocenters. The summed E-state index contributed by atoms with van der Waals surface area (Å²) in [5.74, 6) is 0.563. The molecule has 26 heavy (non-hydrogen) atoms. The summed E-state index contributed by atoms with van der Waals surface area (Å²) >= 11 is 1.48. The molecule has 0 aliphatic carbocycles. The molecule has 0 radical (unpaired) electrons. The number of carbonyl (C=O) groups excluding carboxylic acids is 1. The zero-order chi connectivity index (χ0) is 18.7. The Morgan fingerprint density at radius 1 is 1.50 bits per heavy atom. The quantitative estimate of drug-likeness (QED) is 0.731. The number of nitrogens with zero attached hydrogens (tertiary/aromatic N) is 2. The lowest BCUT2D eigenvalue weighted by Gasteiger charge is -2.28. The van der Waals surface area contributed by atoms with E-state index in [4.69, 9.17) is 4.74 Å². The highest BCUT2D eigenvalue weighted by atomic mass is 32.2. The number of piperidine rings is 1. The molecule has 1 fully saturated rings. The fourth-order valence-electron chi connectivity index (χ4n) is 3.24. The molecule has 0 spiro atoms. The van der Waals surface area contributed by atoms with Gasteiger partial charge in [0.15, 0.2) is 5.78 Å². The molecule has 8 heteroatoms. The van der Waals surface area contributed by atoms with Gasteiger partial charge in [0.1, 0.15) is 5.75 Å². The maximum absolute atomic E-state index is 12.7. The van der Waals surface area contributed by atoms with Crippen LogP contribution in [0.2, 0.25) is 0 Å². The van der Waals surface area contributed by atoms with E-state index in [0.717, 1.165) is 17.9 Å². The number of hydrogen-bond acceptors (Lipinski definition) is 7. The van der Waals surface area contributed by atoms with E-state index in [0.29, 0.717) is 23.1 Å². The Morgan fingerprint density at radius 3 is 3.00 bits per heavy atom. The monoisotopic (exact) mass is 377 g/mol. The Bertz CT molecular complexity index is 867. The summed E-state index contributed by atoms with van der Waals surface area (Å²) in [5, 5.41) is 13.6. The van der Waals surface area contributed by atoms with Gasteiger partial charge in [-0.25, -0.2) is 4.98 Å². The zero-order valence-electron chi connectivity index (χ0n) is 14.9. The van der Waals surface area contributed by atoms with Gasteiger partial charge in [0.2, 0.25) is 0 Å². The van der Waals surface area contributed by atoms with E-state index in [2.05, 4.69) is 10.3 Å². The molecule has 2 heterocycles. The number of rotatable bonds is 6. The molecular formula is C18H23N3O4S. The minimum Gasteiger partial charge on any atom is -0.496 e. The van der Waals surface area contributed by atoms with Crippen molar-refractivity contribution in [2.75, 3.05) is 19.9 Å². The fraction of sp³-hybridized carbons (Fsp3) is 0.500. The highest BCUT2D eigenvalue weighted by Crippen LogP contribution is 2.30. The van der Waals surface area contributed by atoms with E-state index >= 15 is 0 Å². The van der Waals surface area contributed by atoms with Crippen molar-refractivity contribution in [2.24, 2.45) is 0 Å². The third-order valence-corrected chi connectivity index (χ3v) is 5.43. The van der Waals surface area contributed by atoms with Crippen LogP contribution < -0.4 is 15.6 Å². The number of ether oxygens (including phenoxy) is 1. The van der Waals surface area contributed by atoms with Gasteiger partial charge in [0.25, 0.3) is 5.56 Å². The summed E-state index contributed by atoms with van der Waals surface area (Å²) in [7, 11) is 1.58. The van der Waals surface area contributed by atoms with Crippen molar-refractivity contribution in [3.05, 3.63) is 28.8 Å². The topological polar surface area (TPSA) is 93.5 Å². The van der Waals surface area contributed by atoms with Crippen LogP contribution in [0.1, 0.15) is 19.3 Å². The molecule has 1 aromatic carbocycles. The lowest BCUT2D eigenvalue weighted by Crippen LogP contribution is -2.46. The predicted molar refractivity (Wildman–Crippen MR) is 101 cm³/mol. The second-order valence-corrected chi connectivity index (χ2v) is 7.26. The van der Waals surface area contributed by atoms with Crippen LogP contribution >= 0.6 is 11.8 Å². The Labute approximate surface area is 155 Å². The molecule has 2 N–H and O–H groups in total.